The summed E-state index contributed by atoms with van der Waals surface area (Å²) in [6, 6.07) is 26.9. The van der Waals surface area contributed by atoms with E-state index in [0.29, 0.717) is 0 Å². The van der Waals surface area contributed by atoms with Crippen molar-refractivity contribution in [3.05, 3.63) is 96.8 Å². The molecule has 0 aliphatic rings. The zero-order valence-corrected chi connectivity index (χ0v) is 16.6. The van der Waals surface area contributed by atoms with Crippen LogP contribution in [0.5, 0.6) is 0 Å². The lowest BCUT2D eigenvalue weighted by Gasteiger charge is -2.11. The maximum Gasteiger partial charge on any atom is 0.356 e. The molecule has 0 spiro atoms. The summed E-state index contributed by atoms with van der Waals surface area (Å²) in [7, 11) is -4.27. The lowest BCUT2D eigenvalue weighted by molar-refractivity contribution is 0.387. The maximum atomic E-state index is 13.9. The molecule has 4 nitrogen and oxygen atoms in total. The third-order valence-corrected chi connectivity index (χ3v) is 6.25. The lowest BCUT2D eigenvalue weighted by Crippen LogP contribution is -2.02. The van der Waals surface area contributed by atoms with Crippen molar-refractivity contribution in [3.8, 4) is 16.8 Å². The first-order valence-corrected chi connectivity index (χ1v) is 11.0. The van der Waals surface area contributed by atoms with Gasteiger partial charge in [0.15, 0.2) is 0 Å². The van der Waals surface area contributed by atoms with Gasteiger partial charge < -0.3 is 14.4 Å². The second-order valence-corrected chi connectivity index (χ2v) is 8.76. The lowest BCUT2D eigenvalue weighted by atomic mass is 10.1. The molecule has 0 fully saturated rings. The Morgan fingerprint density at radius 1 is 0.700 bits per heavy atom. The number of nitrogens with zero attached hydrogens (tertiary/aromatic N) is 1. The predicted octanol–water partition coefficient (Wildman–Crippen LogP) is 5.39. The molecule has 0 aliphatic carbocycles. The highest BCUT2D eigenvalue weighted by atomic mass is 31.2. The largest absolute Gasteiger partial charge is 0.356 e. The van der Waals surface area contributed by atoms with E-state index in [9.17, 15) is 18.7 Å². The predicted molar refractivity (Wildman–Crippen MR) is 118 cm³/mol. The quantitative estimate of drug-likeness (QED) is 0.387. The van der Waals surface area contributed by atoms with E-state index >= 15 is 0 Å². The number of fused-ring (bicyclic) bond motifs is 3. The topological polar surface area (TPSA) is 62.5 Å². The molecular formula is C24H17FNO3P. The summed E-state index contributed by atoms with van der Waals surface area (Å²) in [6.07, 6.45) is 0. The van der Waals surface area contributed by atoms with Crippen LogP contribution in [0.25, 0.3) is 38.6 Å². The van der Waals surface area contributed by atoms with Crippen LogP contribution in [0.1, 0.15) is 0 Å². The zero-order valence-electron chi connectivity index (χ0n) is 15.7. The van der Waals surface area contributed by atoms with Gasteiger partial charge in [0.25, 0.3) is 0 Å². The average Bonchev–Trinajstić information content (AvgIpc) is 3.07. The average molecular weight is 417 g/mol. The van der Waals surface area contributed by atoms with Gasteiger partial charge in [0.2, 0.25) is 0 Å². The van der Waals surface area contributed by atoms with Crippen molar-refractivity contribution in [2.75, 3.05) is 0 Å². The van der Waals surface area contributed by atoms with Gasteiger partial charge in [-0.2, -0.15) is 0 Å². The van der Waals surface area contributed by atoms with E-state index in [1.807, 2.05) is 48.5 Å². The fourth-order valence-electron chi connectivity index (χ4n) is 3.90. The monoisotopic (exact) mass is 417 g/mol. The Balaban J connectivity index is 1.69. The summed E-state index contributed by atoms with van der Waals surface area (Å²) in [5, 5.41) is 1.82. The fraction of sp³-hybridized carbons (Fsp3) is 0. The second kappa shape index (κ2) is 6.92. The van der Waals surface area contributed by atoms with Crippen molar-refractivity contribution in [3.63, 3.8) is 0 Å². The summed E-state index contributed by atoms with van der Waals surface area (Å²) < 4.78 is 27.4. The third-order valence-electron chi connectivity index (χ3n) is 5.28. The molecule has 0 bridgehead atoms. The number of benzene rings is 4. The first-order chi connectivity index (χ1) is 14.4. The van der Waals surface area contributed by atoms with Gasteiger partial charge in [-0.15, -0.1) is 0 Å². The molecule has 0 saturated heterocycles. The smallest absolute Gasteiger partial charge is 0.321 e. The van der Waals surface area contributed by atoms with Gasteiger partial charge in [0.1, 0.15) is 5.82 Å². The second-order valence-electron chi connectivity index (χ2n) is 7.16. The SMILES string of the molecule is O=P(O)(O)c1ccc(-c2cccc(-n3c4ccccc4c4cc(F)ccc43)c2)cc1. The Kier molecular flexibility index (Phi) is 4.33. The normalized spacial score (nSPS) is 12.0. The molecule has 4 aromatic carbocycles. The highest BCUT2D eigenvalue weighted by Crippen LogP contribution is 2.35. The summed E-state index contributed by atoms with van der Waals surface area (Å²) >= 11 is 0. The molecule has 6 heteroatoms. The van der Waals surface area contributed by atoms with Gasteiger partial charge in [-0.05, 0) is 59.7 Å². The van der Waals surface area contributed by atoms with E-state index in [0.717, 1.165) is 38.6 Å². The minimum absolute atomic E-state index is 0.00757. The first-order valence-electron chi connectivity index (χ1n) is 9.37. The van der Waals surface area contributed by atoms with Gasteiger partial charge in [-0.1, -0.05) is 42.5 Å². The van der Waals surface area contributed by atoms with Crippen LogP contribution in [0.3, 0.4) is 0 Å². The molecule has 0 radical (unpaired) electrons. The minimum Gasteiger partial charge on any atom is -0.321 e. The molecule has 0 atom stereocenters. The highest BCUT2D eigenvalue weighted by molar-refractivity contribution is 7.60. The minimum atomic E-state index is -4.27. The van der Waals surface area contributed by atoms with Crippen LogP contribution in [0.4, 0.5) is 4.39 Å². The Hall–Kier alpha value is -3.24. The van der Waals surface area contributed by atoms with Crippen molar-refractivity contribution in [1.29, 1.82) is 0 Å². The summed E-state index contributed by atoms with van der Waals surface area (Å²) in [4.78, 5) is 18.6. The summed E-state index contributed by atoms with van der Waals surface area (Å²) in [6.45, 7) is 0. The molecule has 0 amide bonds. The van der Waals surface area contributed by atoms with Crippen LogP contribution in [-0.2, 0) is 4.57 Å². The molecule has 2 N–H and O–H groups in total. The first kappa shape index (κ1) is 18.8. The Labute approximate surface area is 172 Å². The van der Waals surface area contributed by atoms with Gasteiger partial charge >= 0.3 is 7.60 Å². The van der Waals surface area contributed by atoms with Gasteiger partial charge in [-0.25, -0.2) is 4.39 Å². The van der Waals surface area contributed by atoms with Crippen molar-refractivity contribution in [2.24, 2.45) is 0 Å². The Bertz CT molecular complexity index is 1450. The molecule has 30 heavy (non-hydrogen) atoms. The van der Waals surface area contributed by atoms with Gasteiger partial charge in [0.05, 0.1) is 16.3 Å². The molecule has 5 rings (SSSR count). The molecule has 0 unspecified atom stereocenters. The highest BCUT2D eigenvalue weighted by Gasteiger charge is 2.17. The molecule has 1 heterocycles. The van der Waals surface area contributed by atoms with E-state index in [1.54, 1.807) is 24.3 Å². The number of aromatic nitrogens is 1. The van der Waals surface area contributed by atoms with Crippen LogP contribution in [0, 0.1) is 5.82 Å². The standard InChI is InChI=1S/C24H17FNO3P/c25-18-10-13-24-22(15-18)21-6-1-2-7-23(21)26(24)19-5-3-4-17(14-19)16-8-11-20(12-9-16)30(27,28)29/h1-15H,(H2,27,28,29). The molecule has 0 saturated carbocycles. The van der Waals surface area contributed by atoms with Gasteiger partial charge in [0, 0.05) is 16.5 Å². The van der Waals surface area contributed by atoms with E-state index < -0.39 is 7.60 Å². The Morgan fingerprint density at radius 2 is 1.43 bits per heavy atom. The molecule has 0 aliphatic heterocycles. The van der Waals surface area contributed by atoms with Crippen LogP contribution >= 0.6 is 7.60 Å². The van der Waals surface area contributed by atoms with Gasteiger partial charge in [-0.3, -0.25) is 4.57 Å². The molecular weight excluding hydrogens is 400 g/mol. The zero-order chi connectivity index (χ0) is 20.9. The Morgan fingerprint density at radius 3 is 2.20 bits per heavy atom. The number of hydrogen-bond donors (Lipinski definition) is 2. The van der Waals surface area contributed by atoms with Crippen LogP contribution in [-0.4, -0.2) is 14.4 Å². The number of hydrogen-bond acceptors (Lipinski definition) is 1. The third kappa shape index (κ3) is 3.14. The van der Waals surface area contributed by atoms with Crippen LogP contribution < -0.4 is 5.30 Å². The molecule has 148 valence electrons. The van der Waals surface area contributed by atoms with E-state index in [2.05, 4.69) is 4.57 Å². The van der Waals surface area contributed by atoms with Crippen LogP contribution in [0.2, 0.25) is 0 Å². The number of halogens is 1. The van der Waals surface area contributed by atoms with E-state index in [4.69, 9.17) is 0 Å². The molecule has 1 aromatic heterocycles. The van der Waals surface area contributed by atoms with E-state index in [-0.39, 0.29) is 11.1 Å². The molecule has 5 aromatic rings. The number of para-hydroxylation sites is 1. The van der Waals surface area contributed by atoms with Crippen LogP contribution in [0.15, 0.2) is 91.0 Å². The summed E-state index contributed by atoms with van der Waals surface area (Å²) in [5.41, 5.74) is 4.57. The number of rotatable bonds is 3. The van der Waals surface area contributed by atoms with Crippen molar-refractivity contribution in [2.45, 2.75) is 0 Å². The van der Waals surface area contributed by atoms with E-state index in [1.165, 1.54) is 18.2 Å². The fourth-order valence-corrected chi connectivity index (χ4v) is 4.43. The maximum absolute atomic E-state index is 13.9. The van der Waals surface area contributed by atoms with Crippen molar-refractivity contribution < 1.29 is 18.7 Å². The van der Waals surface area contributed by atoms with Crippen molar-refractivity contribution in [1.82, 2.24) is 4.57 Å². The van der Waals surface area contributed by atoms with Crippen molar-refractivity contribution >= 4 is 34.7 Å². The summed E-state index contributed by atoms with van der Waals surface area (Å²) in [5.74, 6) is -0.274.